The van der Waals surface area contributed by atoms with Gasteiger partial charge in [0.2, 0.25) is 5.91 Å². The molecule has 3 rings (SSSR count). The van der Waals surface area contributed by atoms with E-state index in [0.717, 1.165) is 23.4 Å². The summed E-state index contributed by atoms with van der Waals surface area (Å²) in [5, 5.41) is 0. The van der Waals surface area contributed by atoms with Crippen LogP contribution in [0.3, 0.4) is 0 Å². The highest BCUT2D eigenvalue weighted by Gasteiger charge is 2.35. The predicted molar refractivity (Wildman–Crippen MR) is 89.4 cm³/mol. The average molecular weight is 310 g/mol. The zero-order valence-corrected chi connectivity index (χ0v) is 13.6. The molecule has 1 saturated heterocycles. The molecule has 4 nitrogen and oxygen atoms in total. The lowest BCUT2D eigenvalue weighted by atomic mass is 9.93. The minimum Gasteiger partial charge on any atom is -0.487 e. The molecule has 2 aromatic rings. The first-order chi connectivity index (χ1) is 11.2. The summed E-state index contributed by atoms with van der Waals surface area (Å²) in [7, 11) is 0. The predicted octanol–water partition coefficient (Wildman–Crippen LogP) is 3.17. The van der Waals surface area contributed by atoms with Crippen molar-refractivity contribution in [2.45, 2.75) is 32.3 Å². The molecule has 1 amide bonds. The lowest BCUT2D eigenvalue weighted by Gasteiger charge is -2.40. The van der Waals surface area contributed by atoms with Crippen molar-refractivity contribution in [3.8, 4) is 5.75 Å². The average Bonchev–Trinajstić information content (AvgIpc) is 2.52. The molecule has 0 bridgehead atoms. The number of hydrogen-bond acceptors (Lipinski definition) is 3. The van der Waals surface area contributed by atoms with Crippen LogP contribution in [-0.2, 0) is 4.79 Å². The van der Waals surface area contributed by atoms with Gasteiger partial charge < -0.3 is 9.64 Å². The normalized spacial score (nSPS) is 15.8. The summed E-state index contributed by atoms with van der Waals surface area (Å²) in [6.45, 7) is 5.31. The van der Waals surface area contributed by atoms with Crippen LogP contribution in [0.4, 0.5) is 0 Å². The maximum Gasteiger partial charge on any atom is 0.230 e. The van der Waals surface area contributed by atoms with Crippen LogP contribution in [0.2, 0.25) is 0 Å². The highest BCUT2D eigenvalue weighted by atomic mass is 16.5. The number of carbonyl (C=O) groups excluding carboxylic acids is 1. The standard InChI is InChI=1S/C19H22N2O2/c1-3-18(15-7-5-4-6-8-15)19(22)21-12-17(13-21)23-16-9-10-20-14(2)11-16/h4-11,17-18H,3,12-13H2,1-2H3. The highest BCUT2D eigenvalue weighted by molar-refractivity contribution is 5.84. The fourth-order valence-corrected chi connectivity index (χ4v) is 2.94. The summed E-state index contributed by atoms with van der Waals surface area (Å²) in [4.78, 5) is 18.7. The summed E-state index contributed by atoms with van der Waals surface area (Å²) >= 11 is 0. The molecule has 1 aromatic carbocycles. The van der Waals surface area contributed by atoms with Crippen molar-refractivity contribution in [1.82, 2.24) is 9.88 Å². The molecule has 1 unspecified atom stereocenters. The topological polar surface area (TPSA) is 42.4 Å². The number of aryl methyl sites for hydroxylation is 1. The van der Waals surface area contributed by atoms with Crippen LogP contribution in [0.25, 0.3) is 0 Å². The van der Waals surface area contributed by atoms with Crippen LogP contribution in [0.5, 0.6) is 5.75 Å². The van der Waals surface area contributed by atoms with Gasteiger partial charge in [-0.2, -0.15) is 0 Å². The van der Waals surface area contributed by atoms with E-state index in [1.807, 2.05) is 54.3 Å². The third-order valence-corrected chi connectivity index (χ3v) is 4.24. The molecule has 23 heavy (non-hydrogen) atoms. The van der Waals surface area contributed by atoms with Crippen LogP contribution >= 0.6 is 0 Å². The van der Waals surface area contributed by atoms with E-state index in [-0.39, 0.29) is 17.9 Å². The molecule has 0 aliphatic carbocycles. The van der Waals surface area contributed by atoms with Crippen LogP contribution in [0.15, 0.2) is 48.7 Å². The second kappa shape index (κ2) is 6.82. The summed E-state index contributed by atoms with van der Waals surface area (Å²) < 4.78 is 5.90. The smallest absolute Gasteiger partial charge is 0.230 e. The first-order valence-corrected chi connectivity index (χ1v) is 8.10. The molecule has 0 radical (unpaired) electrons. The fraction of sp³-hybridized carbons (Fsp3) is 0.368. The highest BCUT2D eigenvalue weighted by Crippen LogP contribution is 2.26. The molecule has 0 N–H and O–H groups in total. The molecule has 4 heteroatoms. The van der Waals surface area contributed by atoms with Gasteiger partial charge in [-0.1, -0.05) is 37.3 Å². The summed E-state index contributed by atoms with van der Waals surface area (Å²) in [6, 6.07) is 13.8. The van der Waals surface area contributed by atoms with Crippen molar-refractivity contribution in [3.63, 3.8) is 0 Å². The zero-order valence-electron chi connectivity index (χ0n) is 13.6. The number of rotatable bonds is 5. The molecule has 0 saturated carbocycles. The van der Waals surface area contributed by atoms with E-state index in [1.165, 1.54) is 0 Å². The minimum atomic E-state index is -0.0553. The van der Waals surface area contributed by atoms with E-state index in [0.29, 0.717) is 13.1 Å². The van der Waals surface area contributed by atoms with E-state index in [4.69, 9.17) is 4.74 Å². The van der Waals surface area contributed by atoms with Gasteiger partial charge in [0, 0.05) is 18.0 Å². The van der Waals surface area contributed by atoms with Gasteiger partial charge in [0.15, 0.2) is 0 Å². The van der Waals surface area contributed by atoms with Crippen LogP contribution < -0.4 is 4.74 Å². The number of hydrogen-bond donors (Lipinski definition) is 0. The number of likely N-dealkylation sites (tertiary alicyclic amines) is 1. The number of ether oxygens (including phenoxy) is 1. The van der Waals surface area contributed by atoms with Crippen molar-refractivity contribution >= 4 is 5.91 Å². The van der Waals surface area contributed by atoms with E-state index in [2.05, 4.69) is 11.9 Å². The van der Waals surface area contributed by atoms with Crippen molar-refractivity contribution < 1.29 is 9.53 Å². The Morgan fingerprint density at radius 1 is 1.30 bits per heavy atom. The van der Waals surface area contributed by atoms with Crippen molar-refractivity contribution in [2.75, 3.05) is 13.1 Å². The summed E-state index contributed by atoms with van der Waals surface area (Å²) in [5.74, 6) is 0.967. The Morgan fingerprint density at radius 3 is 2.70 bits per heavy atom. The van der Waals surface area contributed by atoms with Crippen LogP contribution in [-0.4, -0.2) is 35.0 Å². The lowest BCUT2D eigenvalue weighted by Crippen LogP contribution is -2.57. The van der Waals surface area contributed by atoms with E-state index in [9.17, 15) is 4.79 Å². The number of aromatic nitrogens is 1. The maximum atomic E-state index is 12.7. The Labute approximate surface area is 137 Å². The van der Waals surface area contributed by atoms with E-state index < -0.39 is 0 Å². The van der Waals surface area contributed by atoms with Gasteiger partial charge in [0.25, 0.3) is 0 Å². The lowest BCUT2D eigenvalue weighted by molar-refractivity contribution is -0.141. The first kappa shape index (κ1) is 15.5. The van der Waals surface area contributed by atoms with Gasteiger partial charge >= 0.3 is 0 Å². The Kier molecular flexibility index (Phi) is 4.60. The molecule has 0 spiro atoms. The monoisotopic (exact) mass is 310 g/mol. The number of amides is 1. The second-order valence-electron chi connectivity index (χ2n) is 5.99. The molecule has 1 aromatic heterocycles. The van der Waals surface area contributed by atoms with Crippen LogP contribution in [0.1, 0.15) is 30.5 Å². The number of pyridine rings is 1. The summed E-state index contributed by atoms with van der Waals surface area (Å²) in [6.07, 6.45) is 2.64. The molecule has 1 aliphatic rings. The quantitative estimate of drug-likeness (QED) is 0.852. The zero-order chi connectivity index (χ0) is 16.2. The van der Waals surface area contributed by atoms with E-state index >= 15 is 0 Å². The number of benzene rings is 1. The maximum absolute atomic E-state index is 12.7. The van der Waals surface area contributed by atoms with E-state index in [1.54, 1.807) is 6.20 Å². The molecule has 1 atom stereocenters. The number of nitrogens with zero attached hydrogens (tertiary/aromatic N) is 2. The molecular formula is C19H22N2O2. The van der Waals surface area contributed by atoms with Crippen LogP contribution in [0, 0.1) is 6.92 Å². The molecule has 1 fully saturated rings. The van der Waals surface area contributed by atoms with Gasteiger partial charge in [-0.05, 0) is 25.0 Å². The molecule has 120 valence electrons. The van der Waals surface area contributed by atoms with Gasteiger partial charge in [0.05, 0.1) is 19.0 Å². The van der Waals surface area contributed by atoms with Gasteiger partial charge in [-0.3, -0.25) is 9.78 Å². The Hall–Kier alpha value is -2.36. The van der Waals surface area contributed by atoms with Crippen molar-refractivity contribution in [2.24, 2.45) is 0 Å². The Morgan fingerprint density at radius 2 is 2.04 bits per heavy atom. The van der Waals surface area contributed by atoms with Gasteiger partial charge in [-0.15, -0.1) is 0 Å². The van der Waals surface area contributed by atoms with Crippen molar-refractivity contribution in [3.05, 3.63) is 59.9 Å². The summed E-state index contributed by atoms with van der Waals surface area (Å²) in [5.41, 5.74) is 2.03. The SMILES string of the molecule is CCC(C(=O)N1CC(Oc2ccnc(C)c2)C1)c1ccccc1. The fourth-order valence-electron chi connectivity index (χ4n) is 2.94. The number of carbonyl (C=O) groups is 1. The van der Waals surface area contributed by atoms with Crippen molar-refractivity contribution in [1.29, 1.82) is 0 Å². The first-order valence-electron chi connectivity index (χ1n) is 8.10. The minimum absolute atomic E-state index is 0.0553. The molecule has 1 aliphatic heterocycles. The Bertz CT molecular complexity index is 666. The molecule has 2 heterocycles. The van der Waals surface area contributed by atoms with Gasteiger partial charge in [-0.25, -0.2) is 0 Å². The van der Waals surface area contributed by atoms with Gasteiger partial charge in [0.1, 0.15) is 11.9 Å². The second-order valence-corrected chi connectivity index (χ2v) is 5.99. The largest absolute Gasteiger partial charge is 0.487 e. The third kappa shape index (κ3) is 3.52. The third-order valence-electron chi connectivity index (χ3n) is 4.24. The molecular weight excluding hydrogens is 288 g/mol. The Balaban J connectivity index is 1.57.